The van der Waals surface area contributed by atoms with Gasteiger partial charge in [0.25, 0.3) is 0 Å². The minimum atomic E-state index is -0.529. The average molecular weight is 172 g/mol. The average Bonchev–Trinajstić information content (AvgIpc) is 1.99. The van der Waals surface area contributed by atoms with Gasteiger partial charge in [-0.25, -0.2) is 0 Å². The Hall–Kier alpha value is -0.570. The minimum Gasteiger partial charge on any atom is -0.462 e. The molecule has 1 fully saturated rings. The van der Waals surface area contributed by atoms with Crippen LogP contribution in [0.25, 0.3) is 0 Å². The van der Waals surface area contributed by atoms with E-state index in [0.29, 0.717) is 6.42 Å². The van der Waals surface area contributed by atoms with Gasteiger partial charge in [0.05, 0.1) is 12.0 Å². The quantitative estimate of drug-likeness (QED) is 0.599. The largest absolute Gasteiger partial charge is 0.462 e. The Balaban J connectivity index is 2.59. The lowest BCUT2D eigenvalue weighted by Crippen LogP contribution is -2.41. The van der Waals surface area contributed by atoms with Crippen molar-refractivity contribution in [2.24, 2.45) is 11.8 Å². The fourth-order valence-electron chi connectivity index (χ4n) is 1.31. The molecule has 0 aromatic rings. The first kappa shape index (κ1) is 9.52. The second kappa shape index (κ2) is 3.44. The number of ether oxygens (including phenoxy) is 1. The van der Waals surface area contributed by atoms with E-state index in [4.69, 9.17) is 4.74 Å². The van der Waals surface area contributed by atoms with Gasteiger partial charge in [-0.3, -0.25) is 4.79 Å². The van der Waals surface area contributed by atoms with Crippen LogP contribution < -0.4 is 0 Å². The molecule has 0 aliphatic carbocycles. The molecule has 0 spiro atoms. The molecule has 1 heterocycles. The van der Waals surface area contributed by atoms with Gasteiger partial charge in [-0.05, 0) is 12.8 Å². The summed E-state index contributed by atoms with van der Waals surface area (Å²) in [5.41, 5.74) is 0. The number of rotatable bonds is 1. The molecule has 1 aliphatic heterocycles. The van der Waals surface area contributed by atoms with E-state index >= 15 is 0 Å². The van der Waals surface area contributed by atoms with Crippen LogP contribution in [-0.2, 0) is 9.53 Å². The highest BCUT2D eigenvalue weighted by Gasteiger charge is 2.35. The molecule has 1 rings (SSSR count). The van der Waals surface area contributed by atoms with Gasteiger partial charge in [0.15, 0.2) is 0 Å². The molecule has 1 saturated heterocycles. The zero-order chi connectivity index (χ0) is 9.30. The number of esters is 1. The Morgan fingerprint density at radius 2 is 2.17 bits per heavy atom. The lowest BCUT2D eigenvalue weighted by molar-refractivity contribution is -0.171. The van der Waals surface area contributed by atoms with Crippen molar-refractivity contribution in [2.45, 2.75) is 39.4 Å². The second-order valence-electron chi connectivity index (χ2n) is 3.81. The number of aliphatic hydroxyl groups is 1. The summed E-state index contributed by atoms with van der Waals surface area (Å²) in [7, 11) is 0. The normalized spacial score (nSPS) is 36.8. The standard InChI is InChI=1S/C9H16O3/c1-5(2)8-4-7(10)6(3)9(11)12-8/h5-8,10H,4H2,1-3H3. The fraction of sp³-hybridized carbons (Fsp3) is 0.889. The van der Waals surface area contributed by atoms with Gasteiger partial charge in [0.2, 0.25) is 0 Å². The molecule has 3 unspecified atom stereocenters. The molecule has 0 radical (unpaired) electrons. The molecule has 0 saturated carbocycles. The van der Waals surface area contributed by atoms with Crippen molar-refractivity contribution in [1.82, 2.24) is 0 Å². The molecule has 0 aromatic carbocycles. The first-order valence-electron chi connectivity index (χ1n) is 4.41. The summed E-state index contributed by atoms with van der Waals surface area (Å²) in [6, 6.07) is 0. The molecule has 3 heteroatoms. The lowest BCUT2D eigenvalue weighted by atomic mass is 9.91. The van der Waals surface area contributed by atoms with Gasteiger partial charge in [0.1, 0.15) is 6.10 Å². The molecule has 0 bridgehead atoms. The van der Waals surface area contributed by atoms with Crippen LogP contribution in [0.15, 0.2) is 0 Å². The third-order valence-electron chi connectivity index (χ3n) is 2.43. The third-order valence-corrected chi connectivity index (χ3v) is 2.43. The number of hydrogen-bond acceptors (Lipinski definition) is 3. The maximum absolute atomic E-state index is 11.1. The first-order valence-corrected chi connectivity index (χ1v) is 4.41. The first-order chi connectivity index (χ1) is 5.52. The van der Waals surface area contributed by atoms with Crippen molar-refractivity contribution in [3.63, 3.8) is 0 Å². The molecule has 0 amide bonds. The summed E-state index contributed by atoms with van der Waals surface area (Å²) in [5, 5.41) is 9.47. The van der Waals surface area contributed by atoms with Crippen molar-refractivity contribution in [1.29, 1.82) is 0 Å². The number of cyclic esters (lactones) is 1. The lowest BCUT2D eigenvalue weighted by Gasteiger charge is -2.32. The van der Waals surface area contributed by atoms with E-state index in [1.807, 2.05) is 13.8 Å². The van der Waals surface area contributed by atoms with E-state index in [9.17, 15) is 9.90 Å². The van der Waals surface area contributed by atoms with Gasteiger partial charge in [0, 0.05) is 6.42 Å². The summed E-state index contributed by atoms with van der Waals surface area (Å²) in [6.45, 7) is 5.67. The van der Waals surface area contributed by atoms with Crippen LogP contribution in [0.3, 0.4) is 0 Å². The zero-order valence-electron chi connectivity index (χ0n) is 7.78. The van der Waals surface area contributed by atoms with Crippen molar-refractivity contribution < 1.29 is 14.6 Å². The van der Waals surface area contributed by atoms with Crippen LogP contribution in [0.4, 0.5) is 0 Å². The van der Waals surface area contributed by atoms with Gasteiger partial charge < -0.3 is 9.84 Å². The van der Waals surface area contributed by atoms with Gasteiger partial charge >= 0.3 is 5.97 Å². The SMILES string of the molecule is CC(C)C1CC(O)C(C)C(=O)O1. The molecule has 12 heavy (non-hydrogen) atoms. The van der Waals surface area contributed by atoms with Crippen molar-refractivity contribution >= 4 is 5.97 Å². The maximum atomic E-state index is 11.1. The minimum absolute atomic E-state index is 0.108. The highest BCUT2D eigenvalue weighted by Crippen LogP contribution is 2.24. The van der Waals surface area contributed by atoms with Crippen LogP contribution in [0.1, 0.15) is 27.2 Å². The second-order valence-corrected chi connectivity index (χ2v) is 3.81. The monoisotopic (exact) mass is 172 g/mol. The summed E-state index contributed by atoms with van der Waals surface area (Å²) >= 11 is 0. The highest BCUT2D eigenvalue weighted by molar-refractivity contribution is 5.73. The smallest absolute Gasteiger partial charge is 0.311 e. The summed E-state index contributed by atoms with van der Waals surface area (Å²) in [4.78, 5) is 11.1. The molecule has 70 valence electrons. The Bertz CT molecular complexity index is 177. The van der Waals surface area contributed by atoms with Crippen molar-refractivity contribution in [3.8, 4) is 0 Å². The summed E-state index contributed by atoms with van der Waals surface area (Å²) in [5.74, 6) is -0.344. The Labute approximate surface area is 72.7 Å². The summed E-state index contributed by atoms with van der Waals surface area (Å²) in [6.07, 6.45) is -0.0627. The fourth-order valence-corrected chi connectivity index (χ4v) is 1.31. The third kappa shape index (κ3) is 1.78. The Morgan fingerprint density at radius 3 is 2.58 bits per heavy atom. The van der Waals surface area contributed by atoms with Crippen LogP contribution in [0.5, 0.6) is 0 Å². The molecule has 3 atom stereocenters. The molecule has 1 aliphatic rings. The molecule has 1 N–H and O–H groups in total. The topological polar surface area (TPSA) is 46.5 Å². The number of aliphatic hydroxyl groups excluding tert-OH is 1. The zero-order valence-corrected chi connectivity index (χ0v) is 7.78. The van der Waals surface area contributed by atoms with E-state index < -0.39 is 6.10 Å². The van der Waals surface area contributed by atoms with E-state index in [1.165, 1.54) is 0 Å². The number of carbonyl (C=O) groups is 1. The van der Waals surface area contributed by atoms with E-state index in [2.05, 4.69) is 0 Å². The van der Waals surface area contributed by atoms with Gasteiger partial charge in [-0.15, -0.1) is 0 Å². The Morgan fingerprint density at radius 1 is 1.58 bits per heavy atom. The van der Waals surface area contributed by atoms with Crippen LogP contribution >= 0.6 is 0 Å². The van der Waals surface area contributed by atoms with Crippen LogP contribution in [0.2, 0.25) is 0 Å². The van der Waals surface area contributed by atoms with E-state index in [-0.39, 0.29) is 23.9 Å². The predicted octanol–water partition coefficient (Wildman–Crippen LogP) is 0.955. The van der Waals surface area contributed by atoms with Crippen LogP contribution in [-0.4, -0.2) is 23.3 Å². The van der Waals surface area contributed by atoms with Gasteiger partial charge in [-0.2, -0.15) is 0 Å². The van der Waals surface area contributed by atoms with Crippen molar-refractivity contribution in [3.05, 3.63) is 0 Å². The predicted molar refractivity (Wildman–Crippen MR) is 44.5 cm³/mol. The number of carbonyl (C=O) groups excluding carboxylic acids is 1. The highest BCUT2D eigenvalue weighted by atomic mass is 16.5. The van der Waals surface area contributed by atoms with E-state index in [0.717, 1.165) is 0 Å². The van der Waals surface area contributed by atoms with E-state index in [1.54, 1.807) is 6.92 Å². The van der Waals surface area contributed by atoms with Gasteiger partial charge in [-0.1, -0.05) is 13.8 Å². The molecule has 0 aromatic heterocycles. The molecular weight excluding hydrogens is 156 g/mol. The summed E-state index contributed by atoms with van der Waals surface area (Å²) < 4.78 is 5.13. The van der Waals surface area contributed by atoms with Crippen LogP contribution in [0, 0.1) is 11.8 Å². The maximum Gasteiger partial charge on any atom is 0.311 e. The van der Waals surface area contributed by atoms with Crippen molar-refractivity contribution in [2.75, 3.05) is 0 Å². The molecular formula is C9H16O3. The molecule has 3 nitrogen and oxygen atoms in total. The number of hydrogen-bond donors (Lipinski definition) is 1. The Kier molecular flexibility index (Phi) is 2.73.